The number of hydrogen-bond donors (Lipinski definition) is 4. The van der Waals surface area contributed by atoms with Crippen molar-refractivity contribution in [1.82, 2.24) is 0 Å². The molecule has 0 radical (unpaired) electrons. The molecule has 1 aromatic rings. The highest BCUT2D eigenvalue weighted by Crippen LogP contribution is 2.87. The fourth-order valence-electron chi connectivity index (χ4n) is 18.2. The highest BCUT2D eigenvalue weighted by Gasteiger charge is 2.87. The maximum Gasteiger partial charge on any atom is 0.309 e. The van der Waals surface area contributed by atoms with Gasteiger partial charge in [0.1, 0.15) is 0 Å². The molecule has 7 heteroatoms. The third-order valence-corrected chi connectivity index (χ3v) is 22.0. The molecule has 1 saturated heterocycles. The van der Waals surface area contributed by atoms with Gasteiger partial charge in [0.2, 0.25) is 0 Å². The fraction of sp³-hybridized carbons (Fsp3) is 0.833. The minimum atomic E-state index is -1.49. The molecule has 9 rings (SSSR count). The van der Waals surface area contributed by atoms with Crippen LogP contribution in [0, 0.1) is 78.8 Å². The summed E-state index contributed by atoms with van der Waals surface area (Å²) in [6.45, 7) is 12.2. The lowest BCUT2D eigenvalue weighted by molar-refractivity contribution is -0.355. The van der Waals surface area contributed by atoms with Gasteiger partial charge in [-0.15, -0.1) is 5.92 Å². The smallest absolute Gasteiger partial charge is 0.309 e. The SMILES string of the molecule is COCCc1ccc(CC2OC3(O)CC(O)C4(CO)C2(CCC25C#CCC(CCC6CCCCC6)CCC6(CCC24C)C2CC(C)(C(=O)O)CCC2(C)CCC65C)C3C)cc1. The number of rotatable bonds is 10. The van der Waals surface area contributed by atoms with E-state index in [1.54, 1.807) is 7.11 Å². The summed E-state index contributed by atoms with van der Waals surface area (Å²) in [5, 5.41) is 48.9. The predicted octanol–water partition coefficient (Wildman–Crippen LogP) is 10.3. The van der Waals surface area contributed by atoms with Crippen LogP contribution in [0.4, 0.5) is 0 Å². The van der Waals surface area contributed by atoms with Crippen LogP contribution in [0.3, 0.4) is 0 Å². The van der Waals surface area contributed by atoms with E-state index in [1.165, 1.54) is 50.5 Å². The van der Waals surface area contributed by atoms with Gasteiger partial charge in [0.15, 0.2) is 5.79 Å². The van der Waals surface area contributed by atoms with E-state index >= 15 is 0 Å². The van der Waals surface area contributed by atoms with E-state index in [9.17, 15) is 25.2 Å². The van der Waals surface area contributed by atoms with Crippen LogP contribution >= 0.6 is 0 Å². The molecule has 0 aromatic heterocycles. The number of aliphatic hydroxyl groups is 3. The molecule has 1 aliphatic heterocycles. The van der Waals surface area contributed by atoms with Gasteiger partial charge in [0.25, 0.3) is 0 Å². The Balaban J connectivity index is 1.18. The van der Waals surface area contributed by atoms with Crippen LogP contribution in [-0.2, 0) is 27.1 Å². The molecule has 1 aromatic carbocycles. The predicted molar refractivity (Wildman–Crippen MR) is 238 cm³/mol. The van der Waals surface area contributed by atoms with Gasteiger partial charge in [0, 0.05) is 42.1 Å². The quantitative estimate of drug-likeness (QED) is 0.173. The van der Waals surface area contributed by atoms with Crippen LogP contribution in [-0.4, -0.2) is 64.7 Å². The lowest BCUT2D eigenvalue weighted by Gasteiger charge is -2.81. The van der Waals surface area contributed by atoms with Gasteiger partial charge in [-0.2, -0.15) is 0 Å². The second kappa shape index (κ2) is 15.3. The van der Waals surface area contributed by atoms with Crippen molar-refractivity contribution in [3.05, 3.63) is 35.4 Å². The molecule has 1 heterocycles. The minimum absolute atomic E-state index is 0.0614. The number of carboxylic acids is 1. The number of aliphatic hydroxyl groups excluding tert-OH is 2. The maximum absolute atomic E-state index is 13.2. The monoisotopic (exact) mass is 841 g/mol. The Morgan fingerprint density at radius 3 is 2.23 bits per heavy atom. The number of methoxy groups -OCH3 is 1. The summed E-state index contributed by atoms with van der Waals surface area (Å²) >= 11 is 0. The molecular weight excluding hydrogens is 761 g/mol. The Labute approximate surface area is 367 Å². The molecule has 14 atom stereocenters. The average molecular weight is 841 g/mol. The van der Waals surface area contributed by atoms with Gasteiger partial charge in [-0.1, -0.05) is 96.4 Å². The summed E-state index contributed by atoms with van der Waals surface area (Å²) in [6.07, 6.45) is 20.4. The number of benzene rings is 1. The van der Waals surface area contributed by atoms with Crippen molar-refractivity contribution >= 4 is 5.97 Å². The first-order valence-electron chi connectivity index (χ1n) is 25.0. The zero-order valence-corrected chi connectivity index (χ0v) is 38.8. The van der Waals surface area contributed by atoms with Crippen molar-refractivity contribution in [2.45, 2.75) is 194 Å². The second-order valence-corrected chi connectivity index (χ2v) is 23.8. The van der Waals surface area contributed by atoms with E-state index in [0.717, 1.165) is 82.1 Å². The lowest BCUT2D eigenvalue weighted by atomic mass is 9.21. The zero-order valence-electron chi connectivity index (χ0n) is 38.8. The number of aliphatic carboxylic acids is 1. The van der Waals surface area contributed by atoms with Gasteiger partial charge in [0.05, 0.1) is 30.8 Å². The van der Waals surface area contributed by atoms with Crippen LogP contribution < -0.4 is 0 Å². The second-order valence-electron chi connectivity index (χ2n) is 23.8. The Hall–Kier alpha value is -1.95. The van der Waals surface area contributed by atoms with Crippen LogP contribution in [0.15, 0.2) is 24.3 Å². The van der Waals surface area contributed by atoms with Gasteiger partial charge < -0.3 is 29.9 Å². The molecule has 14 unspecified atom stereocenters. The molecule has 7 nitrogen and oxygen atoms in total. The first kappa shape index (κ1) is 44.3. The highest BCUT2D eigenvalue weighted by atomic mass is 16.6. The van der Waals surface area contributed by atoms with Crippen LogP contribution in [0.2, 0.25) is 0 Å². The Morgan fingerprint density at radius 1 is 0.836 bits per heavy atom. The van der Waals surface area contributed by atoms with Crippen molar-refractivity contribution in [1.29, 1.82) is 0 Å². The summed E-state index contributed by atoms with van der Waals surface area (Å²) in [6, 6.07) is 8.71. The Kier molecular flexibility index (Phi) is 11.1. The number of hydrogen-bond acceptors (Lipinski definition) is 6. The van der Waals surface area contributed by atoms with E-state index in [-0.39, 0.29) is 41.1 Å². The zero-order chi connectivity index (χ0) is 43.3. The van der Waals surface area contributed by atoms with Crippen molar-refractivity contribution < 1.29 is 34.7 Å². The minimum Gasteiger partial charge on any atom is -0.481 e. The molecule has 0 amide bonds. The van der Waals surface area contributed by atoms with Crippen molar-refractivity contribution in [2.24, 2.45) is 67.0 Å². The third-order valence-electron chi connectivity index (χ3n) is 22.0. The van der Waals surface area contributed by atoms with E-state index in [0.29, 0.717) is 31.8 Å². The first-order valence-corrected chi connectivity index (χ1v) is 25.0. The first-order chi connectivity index (χ1) is 29.0. The molecular formula is C54H80O7. The molecule has 61 heavy (non-hydrogen) atoms. The van der Waals surface area contributed by atoms with Gasteiger partial charge in [-0.05, 0) is 147 Å². The molecule has 6 saturated carbocycles. The average Bonchev–Trinajstić information content (AvgIpc) is 3.40. The summed E-state index contributed by atoms with van der Waals surface area (Å²) in [5.74, 6) is 7.43. The van der Waals surface area contributed by atoms with Crippen LogP contribution in [0.25, 0.3) is 0 Å². The molecule has 4 bridgehead atoms. The maximum atomic E-state index is 13.2. The van der Waals surface area contributed by atoms with E-state index in [4.69, 9.17) is 9.47 Å². The summed E-state index contributed by atoms with van der Waals surface area (Å²) in [4.78, 5) is 13.2. The normalized spacial score (nSPS) is 49.1. The van der Waals surface area contributed by atoms with Crippen LogP contribution in [0.5, 0.6) is 0 Å². The molecule has 2 spiro atoms. The third kappa shape index (κ3) is 5.95. The molecule has 8 aliphatic rings. The van der Waals surface area contributed by atoms with E-state index in [2.05, 4.69) is 63.8 Å². The van der Waals surface area contributed by atoms with E-state index in [1.807, 2.05) is 6.92 Å². The topological polar surface area (TPSA) is 116 Å². The van der Waals surface area contributed by atoms with Gasteiger partial charge in [-0.25, -0.2) is 0 Å². The summed E-state index contributed by atoms with van der Waals surface area (Å²) in [5.41, 5.74) is -1.55. The molecule has 7 fully saturated rings. The lowest BCUT2D eigenvalue weighted by Crippen LogP contribution is -2.80. The largest absolute Gasteiger partial charge is 0.481 e. The molecule has 338 valence electrons. The Bertz CT molecular complexity index is 1880. The molecule has 4 N–H and O–H groups in total. The van der Waals surface area contributed by atoms with Crippen molar-refractivity contribution in [3.8, 4) is 11.8 Å². The standard InChI is InChI=1S/C54H80O7/c1-37-52-31-30-51-22-10-13-39(15-14-38-11-8-7-9-12-38)20-23-50(42-34-47(3,45(57)58)25-24-46(42,2)26-27-48(50,51)4)29-28-49(51,5)53(52,36-55)43(56)35-54(37,59)61-44(52)33-41-18-16-40(17-19-41)21-32-60-6/h16-19,37-39,42-44,55-56,59H,7-9,11-15,20-21,23-36H2,1-6H3,(H,57,58). The van der Waals surface area contributed by atoms with Gasteiger partial charge >= 0.3 is 5.97 Å². The van der Waals surface area contributed by atoms with Gasteiger partial charge in [-0.3, -0.25) is 4.79 Å². The van der Waals surface area contributed by atoms with Crippen LogP contribution in [0.1, 0.15) is 174 Å². The molecule has 7 aliphatic carbocycles. The number of fused-ring (bicyclic) bond motifs is 3. The Morgan fingerprint density at radius 2 is 1.52 bits per heavy atom. The highest BCUT2D eigenvalue weighted by molar-refractivity contribution is 5.74. The number of carbonyl (C=O) groups is 1. The summed E-state index contributed by atoms with van der Waals surface area (Å²) in [7, 11) is 1.73. The number of carboxylic acid groups (broad SMARTS) is 1. The summed E-state index contributed by atoms with van der Waals surface area (Å²) < 4.78 is 12.3. The van der Waals surface area contributed by atoms with Crippen molar-refractivity contribution in [3.63, 3.8) is 0 Å². The van der Waals surface area contributed by atoms with Crippen molar-refractivity contribution in [2.75, 3.05) is 20.3 Å². The fourth-order valence-corrected chi connectivity index (χ4v) is 18.2. The number of ether oxygens (including phenoxy) is 2. The van der Waals surface area contributed by atoms with E-state index < -0.39 is 51.0 Å².